The summed E-state index contributed by atoms with van der Waals surface area (Å²) in [5.41, 5.74) is 2.54. The van der Waals surface area contributed by atoms with Gasteiger partial charge in [-0.15, -0.1) is 0 Å². The van der Waals surface area contributed by atoms with E-state index in [0.717, 1.165) is 31.2 Å². The minimum absolute atomic E-state index is 0.233. The number of rotatable bonds is 5. The van der Waals surface area contributed by atoms with Crippen LogP contribution in [0.2, 0.25) is 0 Å². The largest absolute Gasteiger partial charge is 0.309 e. The van der Waals surface area contributed by atoms with Gasteiger partial charge in [-0.3, -0.25) is 9.88 Å². The highest BCUT2D eigenvalue weighted by Gasteiger charge is 2.34. The van der Waals surface area contributed by atoms with Gasteiger partial charge in [-0.1, -0.05) is 26.8 Å². The van der Waals surface area contributed by atoms with Gasteiger partial charge >= 0.3 is 0 Å². The third kappa shape index (κ3) is 4.52. The second kappa shape index (κ2) is 6.89. The van der Waals surface area contributed by atoms with Crippen LogP contribution in [0.5, 0.6) is 0 Å². The molecule has 0 aliphatic carbocycles. The van der Waals surface area contributed by atoms with Crippen LogP contribution in [0.4, 0.5) is 0 Å². The maximum absolute atomic E-state index is 4.69. The molecule has 0 aromatic carbocycles. The predicted octanol–water partition coefficient (Wildman–Crippen LogP) is 3.38. The molecule has 0 spiro atoms. The average molecular weight is 289 g/mol. The molecule has 0 amide bonds. The highest BCUT2D eigenvalue weighted by atomic mass is 15.3. The third-order valence-electron chi connectivity index (χ3n) is 4.67. The van der Waals surface area contributed by atoms with E-state index in [-0.39, 0.29) is 5.54 Å². The highest BCUT2D eigenvalue weighted by molar-refractivity contribution is 5.10. The van der Waals surface area contributed by atoms with E-state index in [4.69, 9.17) is 4.98 Å². The quantitative estimate of drug-likeness (QED) is 0.900. The van der Waals surface area contributed by atoms with Gasteiger partial charge in [-0.05, 0) is 44.7 Å². The van der Waals surface area contributed by atoms with Gasteiger partial charge in [0.2, 0.25) is 0 Å². The Morgan fingerprint density at radius 1 is 1.43 bits per heavy atom. The topological polar surface area (TPSA) is 28.2 Å². The van der Waals surface area contributed by atoms with Crippen LogP contribution in [-0.4, -0.2) is 34.6 Å². The van der Waals surface area contributed by atoms with E-state index < -0.39 is 0 Å². The molecule has 1 aromatic heterocycles. The van der Waals surface area contributed by atoms with Crippen molar-refractivity contribution in [3.05, 3.63) is 29.6 Å². The average Bonchev–Trinajstić information content (AvgIpc) is 2.42. The number of nitrogens with one attached hydrogen (secondary N) is 1. The van der Waals surface area contributed by atoms with E-state index in [1.807, 2.05) is 0 Å². The van der Waals surface area contributed by atoms with Crippen molar-refractivity contribution in [3.8, 4) is 0 Å². The minimum Gasteiger partial charge on any atom is -0.309 e. The molecule has 1 aliphatic heterocycles. The zero-order chi connectivity index (χ0) is 15.5. The lowest BCUT2D eigenvalue weighted by atomic mass is 9.90. The van der Waals surface area contributed by atoms with Crippen LogP contribution < -0.4 is 5.32 Å². The SMILES string of the molecule is CCC1(C)CN(Cc2cccc(C)n2)C(CC(C)C)CN1. The summed E-state index contributed by atoms with van der Waals surface area (Å²) in [6.07, 6.45) is 2.41. The van der Waals surface area contributed by atoms with Gasteiger partial charge in [0.05, 0.1) is 5.69 Å². The first-order valence-electron chi connectivity index (χ1n) is 8.33. The summed E-state index contributed by atoms with van der Waals surface area (Å²) in [4.78, 5) is 7.33. The zero-order valence-corrected chi connectivity index (χ0v) is 14.3. The number of hydrogen-bond acceptors (Lipinski definition) is 3. The molecule has 2 unspecified atom stereocenters. The van der Waals surface area contributed by atoms with Crippen molar-refractivity contribution in [1.29, 1.82) is 0 Å². The molecule has 118 valence electrons. The van der Waals surface area contributed by atoms with E-state index in [9.17, 15) is 0 Å². The molecular formula is C18H31N3. The predicted molar refractivity (Wildman–Crippen MR) is 89.3 cm³/mol. The Morgan fingerprint density at radius 3 is 2.81 bits per heavy atom. The van der Waals surface area contributed by atoms with Crippen LogP contribution in [0.3, 0.4) is 0 Å². The van der Waals surface area contributed by atoms with Crippen LogP contribution in [-0.2, 0) is 6.54 Å². The maximum Gasteiger partial charge on any atom is 0.0547 e. The highest BCUT2D eigenvalue weighted by Crippen LogP contribution is 2.24. The Morgan fingerprint density at radius 2 is 2.19 bits per heavy atom. The standard InChI is InChI=1S/C18H31N3/c1-6-18(5)13-21(17(11-19-18)10-14(2)3)12-16-9-7-8-15(4)20-16/h7-9,14,17,19H,6,10-13H2,1-5H3. The Balaban J connectivity index is 2.12. The molecule has 2 atom stereocenters. The smallest absolute Gasteiger partial charge is 0.0547 e. The molecule has 1 aromatic rings. The summed E-state index contributed by atoms with van der Waals surface area (Å²) in [7, 11) is 0. The number of nitrogens with zero attached hydrogens (tertiary/aromatic N) is 2. The molecule has 3 nitrogen and oxygen atoms in total. The van der Waals surface area contributed by atoms with E-state index in [0.29, 0.717) is 6.04 Å². The van der Waals surface area contributed by atoms with Crippen molar-refractivity contribution in [2.45, 2.75) is 65.6 Å². The first-order chi connectivity index (χ1) is 9.92. The van der Waals surface area contributed by atoms with Crippen LogP contribution in [0.1, 0.15) is 51.9 Å². The molecule has 1 saturated heterocycles. The molecule has 0 saturated carbocycles. The Labute approximate surface area is 130 Å². The summed E-state index contributed by atoms with van der Waals surface area (Å²) in [6, 6.07) is 6.97. The van der Waals surface area contributed by atoms with Crippen molar-refractivity contribution >= 4 is 0 Å². The minimum atomic E-state index is 0.233. The van der Waals surface area contributed by atoms with Crippen molar-refractivity contribution in [2.75, 3.05) is 13.1 Å². The summed E-state index contributed by atoms with van der Waals surface area (Å²) in [5.74, 6) is 0.732. The number of piperazine rings is 1. The van der Waals surface area contributed by atoms with Gasteiger partial charge in [0.25, 0.3) is 0 Å². The second-order valence-electron chi connectivity index (χ2n) is 7.25. The third-order valence-corrected chi connectivity index (χ3v) is 4.67. The lowest BCUT2D eigenvalue weighted by molar-refractivity contribution is 0.0654. The lowest BCUT2D eigenvalue weighted by Crippen LogP contribution is -2.62. The molecule has 0 radical (unpaired) electrons. The molecule has 3 heteroatoms. The van der Waals surface area contributed by atoms with E-state index >= 15 is 0 Å². The summed E-state index contributed by atoms with van der Waals surface area (Å²) in [6.45, 7) is 14.5. The number of aromatic nitrogens is 1. The molecular weight excluding hydrogens is 258 g/mol. The van der Waals surface area contributed by atoms with Crippen LogP contribution in [0.25, 0.3) is 0 Å². The molecule has 2 rings (SSSR count). The van der Waals surface area contributed by atoms with Crippen LogP contribution in [0, 0.1) is 12.8 Å². The van der Waals surface area contributed by atoms with Gasteiger partial charge in [-0.25, -0.2) is 0 Å². The molecule has 21 heavy (non-hydrogen) atoms. The number of hydrogen-bond donors (Lipinski definition) is 1. The monoisotopic (exact) mass is 289 g/mol. The van der Waals surface area contributed by atoms with E-state index in [1.165, 1.54) is 18.5 Å². The van der Waals surface area contributed by atoms with Gasteiger partial charge in [0.15, 0.2) is 0 Å². The van der Waals surface area contributed by atoms with E-state index in [2.05, 4.69) is 63.0 Å². The van der Waals surface area contributed by atoms with Crippen molar-refractivity contribution < 1.29 is 0 Å². The van der Waals surface area contributed by atoms with Crippen LogP contribution >= 0.6 is 0 Å². The first kappa shape index (κ1) is 16.4. The van der Waals surface area contributed by atoms with Gasteiger partial charge in [0, 0.05) is 36.9 Å². The maximum atomic E-state index is 4.69. The Hall–Kier alpha value is -0.930. The molecule has 1 aliphatic rings. The summed E-state index contributed by atoms with van der Waals surface area (Å²) in [5, 5.41) is 3.77. The van der Waals surface area contributed by atoms with E-state index in [1.54, 1.807) is 0 Å². The fourth-order valence-electron chi connectivity index (χ4n) is 3.22. The number of aryl methyl sites for hydroxylation is 1. The van der Waals surface area contributed by atoms with Gasteiger partial charge in [0.1, 0.15) is 0 Å². The molecule has 0 bridgehead atoms. The molecule has 2 heterocycles. The Kier molecular flexibility index (Phi) is 5.39. The zero-order valence-electron chi connectivity index (χ0n) is 14.3. The lowest BCUT2D eigenvalue weighted by Gasteiger charge is -2.46. The van der Waals surface area contributed by atoms with Crippen LogP contribution in [0.15, 0.2) is 18.2 Å². The first-order valence-corrected chi connectivity index (χ1v) is 8.33. The van der Waals surface area contributed by atoms with Gasteiger partial charge in [-0.2, -0.15) is 0 Å². The second-order valence-corrected chi connectivity index (χ2v) is 7.25. The normalized spacial score (nSPS) is 27.2. The number of pyridine rings is 1. The molecule has 1 N–H and O–H groups in total. The van der Waals surface area contributed by atoms with Crippen molar-refractivity contribution in [2.24, 2.45) is 5.92 Å². The van der Waals surface area contributed by atoms with Crippen molar-refractivity contribution in [3.63, 3.8) is 0 Å². The Bertz CT molecular complexity index is 458. The molecule has 1 fully saturated rings. The van der Waals surface area contributed by atoms with Gasteiger partial charge < -0.3 is 5.32 Å². The van der Waals surface area contributed by atoms with Crippen molar-refractivity contribution in [1.82, 2.24) is 15.2 Å². The summed E-state index contributed by atoms with van der Waals surface area (Å²) < 4.78 is 0. The fraction of sp³-hybridized carbons (Fsp3) is 0.722. The fourth-order valence-corrected chi connectivity index (χ4v) is 3.22. The summed E-state index contributed by atoms with van der Waals surface area (Å²) >= 11 is 0.